The third-order valence-electron chi connectivity index (χ3n) is 3.20. The van der Waals surface area contributed by atoms with Crippen LogP contribution in [0.3, 0.4) is 0 Å². The molecule has 0 amide bonds. The van der Waals surface area contributed by atoms with Crippen LogP contribution in [-0.2, 0) is 9.59 Å². The maximum absolute atomic E-state index is 10.5. The standard InChI is InChI=1S/C8H12O4.C6H6O2/c9-7(10)5-2-1-3-6(4-5)8(11)12;7-5-2-1-3-6(8)4-5/h5-6H,1-4H2,(H,9,10)(H,11,12);1-4,7-8H. The lowest BCUT2D eigenvalue weighted by atomic mass is 9.81. The number of aliphatic carboxylic acids is 2. The number of aromatic hydroxyl groups is 2. The lowest BCUT2D eigenvalue weighted by molar-refractivity contribution is -0.147. The molecule has 0 aromatic heterocycles. The van der Waals surface area contributed by atoms with E-state index in [9.17, 15) is 9.59 Å². The number of rotatable bonds is 2. The predicted molar refractivity (Wildman–Crippen MR) is 70.5 cm³/mol. The normalized spacial score (nSPS) is 21.4. The molecule has 0 radical (unpaired) electrons. The van der Waals surface area contributed by atoms with Crippen molar-refractivity contribution >= 4 is 11.9 Å². The summed E-state index contributed by atoms with van der Waals surface area (Å²) in [5.74, 6) is -2.43. The summed E-state index contributed by atoms with van der Waals surface area (Å²) in [6.07, 6.45) is 2.26. The Bertz CT molecular complexity index is 433. The van der Waals surface area contributed by atoms with Gasteiger partial charge in [0.05, 0.1) is 11.8 Å². The van der Waals surface area contributed by atoms with Gasteiger partial charge in [0.15, 0.2) is 0 Å². The number of hydrogen-bond acceptors (Lipinski definition) is 4. The molecular formula is C14H18O6. The second kappa shape index (κ2) is 7.37. The molecule has 1 saturated carbocycles. The van der Waals surface area contributed by atoms with Gasteiger partial charge in [-0.25, -0.2) is 0 Å². The predicted octanol–water partition coefficient (Wildman–Crippen LogP) is 2.06. The largest absolute Gasteiger partial charge is 0.508 e. The molecular weight excluding hydrogens is 264 g/mol. The maximum atomic E-state index is 10.5. The highest BCUT2D eigenvalue weighted by molar-refractivity contribution is 5.74. The Morgan fingerprint density at radius 1 is 0.950 bits per heavy atom. The van der Waals surface area contributed by atoms with E-state index in [4.69, 9.17) is 20.4 Å². The Morgan fingerprint density at radius 3 is 1.70 bits per heavy atom. The summed E-state index contributed by atoms with van der Waals surface area (Å²) < 4.78 is 0. The van der Waals surface area contributed by atoms with Gasteiger partial charge in [0.25, 0.3) is 0 Å². The van der Waals surface area contributed by atoms with E-state index in [0.717, 1.165) is 0 Å². The summed E-state index contributed by atoms with van der Waals surface area (Å²) in [7, 11) is 0. The minimum atomic E-state index is -0.860. The minimum Gasteiger partial charge on any atom is -0.508 e. The molecule has 110 valence electrons. The van der Waals surface area contributed by atoms with Gasteiger partial charge >= 0.3 is 11.9 Å². The highest BCUT2D eigenvalue weighted by Gasteiger charge is 2.30. The summed E-state index contributed by atoms with van der Waals surface area (Å²) in [5, 5.41) is 34.6. The Morgan fingerprint density at radius 2 is 1.40 bits per heavy atom. The van der Waals surface area contributed by atoms with Crippen molar-refractivity contribution in [3.8, 4) is 11.5 Å². The topological polar surface area (TPSA) is 115 Å². The first-order chi connectivity index (χ1) is 9.40. The van der Waals surface area contributed by atoms with Crippen LogP contribution in [0.1, 0.15) is 25.7 Å². The van der Waals surface area contributed by atoms with Gasteiger partial charge in [-0.15, -0.1) is 0 Å². The number of carboxylic acids is 2. The molecule has 0 spiro atoms. The van der Waals surface area contributed by atoms with Crippen LogP contribution in [-0.4, -0.2) is 32.4 Å². The first-order valence-corrected chi connectivity index (χ1v) is 6.33. The smallest absolute Gasteiger partial charge is 0.306 e. The van der Waals surface area contributed by atoms with Crippen molar-refractivity contribution in [1.29, 1.82) is 0 Å². The van der Waals surface area contributed by atoms with Crippen LogP contribution in [0.2, 0.25) is 0 Å². The summed E-state index contributed by atoms with van der Waals surface area (Å²) >= 11 is 0. The number of benzene rings is 1. The van der Waals surface area contributed by atoms with Gasteiger partial charge in [-0.1, -0.05) is 12.5 Å². The molecule has 1 aliphatic rings. The second-order valence-electron chi connectivity index (χ2n) is 4.76. The zero-order valence-electron chi connectivity index (χ0n) is 10.9. The third-order valence-corrected chi connectivity index (χ3v) is 3.20. The van der Waals surface area contributed by atoms with Crippen molar-refractivity contribution in [2.45, 2.75) is 25.7 Å². The lowest BCUT2D eigenvalue weighted by Gasteiger charge is -2.23. The monoisotopic (exact) mass is 282 g/mol. The Kier molecular flexibility index (Phi) is 5.83. The zero-order chi connectivity index (χ0) is 15.1. The minimum absolute atomic E-state index is 0.0880. The molecule has 0 saturated heterocycles. The Balaban J connectivity index is 0.000000217. The molecule has 1 aliphatic carbocycles. The number of hydrogen-bond donors (Lipinski definition) is 4. The van der Waals surface area contributed by atoms with E-state index in [-0.39, 0.29) is 11.5 Å². The highest BCUT2D eigenvalue weighted by atomic mass is 16.4. The molecule has 0 aliphatic heterocycles. The molecule has 2 rings (SSSR count). The summed E-state index contributed by atoms with van der Waals surface area (Å²) in [6, 6.07) is 5.85. The van der Waals surface area contributed by atoms with Crippen molar-refractivity contribution in [2.24, 2.45) is 11.8 Å². The molecule has 1 aromatic rings. The average Bonchev–Trinajstić information content (AvgIpc) is 2.39. The maximum Gasteiger partial charge on any atom is 0.306 e. The van der Waals surface area contributed by atoms with E-state index >= 15 is 0 Å². The highest BCUT2D eigenvalue weighted by Crippen LogP contribution is 2.29. The van der Waals surface area contributed by atoms with Gasteiger partial charge in [-0.3, -0.25) is 9.59 Å². The fourth-order valence-electron chi connectivity index (χ4n) is 2.13. The van der Waals surface area contributed by atoms with Gasteiger partial charge in [0.1, 0.15) is 11.5 Å². The van der Waals surface area contributed by atoms with Gasteiger partial charge in [0.2, 0.25) is 0 Å². The number of carboxylic acid groups (broad SMARTS) is 2. The summed E-state index contributed by atoms with van der Waals surface area (Å²) in [5.41, 5.74) is 0. The van der Waals surface area contributed by atoms with Crippen molar-refractivity contribution in [3.05, 3.63) is 24.3 Å². The van der Waals surface area contributed by atoms with Crippen molar-refractivity contribution in [1.82, 2.24) is 0 Å². The molecule has 2 atom stereocenters. The fraction of sp³-hybridized carbons (Fsp3) is 0.429. The Hall–Kier alpha value is -2.24. The molecule has 0 heterocycles. The molecule has 1 fully saturated rings. The van der Waals surface area contributed by atoms with Crippen LogP contribution in [0.5, 0.6) is 11.5 Å². The average molecular weight is 282 g/mol. The first-order valence-electron chi connectivity index (χ1n) is 6.33. The first kappa shape index (κ1) is 15.8. The fourth-order valence-corrected chi connectivity index (χ4v) is 2.13. The van der Waals surface area contributed by atoms with Crippen molar-refractivity contribution in [3.63, 3.8) is 0 Å². The van der Waals surface area contributed by atoms with Crippen LogP contribution in [0.4, 0.5) is 0 Å². The molecule has 20 heavy (non-hydrogen) atoms. The third kappa shape index (κ3) is 5.17. The van der Waals surface area contributed by atoms with Crippen molar-refractivity contribution < 1.29 is 30.0 Å². The van der Waals surface area contributed by atoms with Gasteiger partial charge in [0, 0.05) is 6.07 Å². The number of carbonyl (C=O) groups is 2. The molecule has 1 aromatic carbocycles. The van der Waals surface area contributed by atoms with Crippen LogP contribution < -0.4 is 0 Å². The van der Waals surface area contributed by atoms with E-state index in [1.54, 1.807) is 6.07 Å². The molecule has 6 heteroatoms. The second-order valence-corrected chi connectivity index (χ2v) is 4.76. The number of phenolic OH excluding ortho intramolecular Hbond substituents is 2. The molecule has 0 bridgehead atoms. The molecule has 2 unspecified atom stereocenters. The van der Waals surface area contributed by atoms with E-state index in [1.807, 2.05) is 0 Å². The van der Waals surface area contributed by atoms with Crippen LogP contribution in [0, 0.1) is 11.8 Å². The van der Waals surface area contributed by atoms with Gasteiger partial charge in [-0.05, 0) is 31.4 Å². The van der Waals surface area contributed by atoms with Crippen molar-refractivity contribution in [2.75, 3.05) is 0 Å². The SMILES string of the molecule is O=C(O)C1CCCC(C(=O)O)C1.Oc1cccc(O)c1. The quantitative estimate of drug-likeness (QED) is 0.660. The van der Waals surface area contributed by atoms with Crippen LogP contribution >= 0.6 is 0 Å². The van der Waals surface area contributed by atoms with Gasteiger partial charge in [-0.2, -0.15) is 0 Å². The zero-order valence-corrected chi connectivity index (χ0v) is 10.9. The summed E-state index contributed by atoms with van der Waals surface area (Å²) in [6.45, 7) is 0. The van der Waals surface area contributed by atoms with Gasteiger partial charge < -0.3 is 20.4 Å². The van der Waals surface area contributed by atoms with E-state index in [1.165, 1.54) is 18.2 Å². The van der Waals surface area contributed by atoms with E-state index in [0.29, 0.717) is 25.7 Å². The lowest BCUT2D eigenvalue weighted by Crippen LogP contribution is -2.26. The van der Waals surface area contributed by atoms with E-state index in [2.05, 4.69) is 0 Å². The molecule has 4 N–H and O–H groups in total. The van der Waals surface area contributed by atoms with E-state index < -0.39 is 23.8 Å². The number of phenols is 2. The van der Waals surface area contributed by atoms with Crippen LogP contribution in [0.25, 0.3) is 0 Å². The van der Waals surface area contributed by atoms with Crippen LogP contribution in [0.15, 0.2) is 24.3 Å². The molecule has 6 nitrogen and oxygen atoms in total. The Labute approximate surface area is 116 Å². The summed E-state index contributed by atoms with van der Waals surface area (Å²) in [4.78, 5) is 21.1.